The molecular weight excluding hydrogens is 432 g/mol. The molecule has 188 valence electrons. The van der Waals surface area contributed by atoms with Crippen molar-refractivity contribution in [2.45, 2.75) is 126 Å². The Kier molecular flexibility index (Phi) is 6.69. The summed E-state index contributed by atoms with van der Waals surface area (Å²) in [7, 11) is 0. The van der Waals surface area contributed by atoms with E-state index < -0.39 is 0 Å². The van der Waals surface area contributed by atoms with Crippen molar-refractivity contribution < 1.29 is 14.9 Å². The number of ether oxygens (including phenoxy) is 1. The van der Waals surface area contributed by atoms with Gasteiger partial charge in [-0.2, -0.15) is 0 Å². The van der Waals surface area contributed by atoms with Gasteiger partial charge in [0, 0.05) is 22.3 Å². The van der Waals surface area contributed by atoms with Crippen molar-refractivity contribution in [3.05, 3.63) is 46.5 Å². The van der Waals surface area contributed by atoms with Crippen LogP contribution in [0.2, 0.25) is 0 Å². The van der Waals surface area contributed by atoms with E-state index in [9.17, 15) is 10.2 Å². The number of phenolic OH excluding ortho intramolecular Hbond substituents is 2. The Labute approximate surface area is 210 Å². The van der Waals surface area contributed by atoms with Gasteiger partial charge in [0.2, 0.25) is 0 Å². The van der Waals surface area contributed by atoms with Crippen LogP contribution in [0.3, 0.4) is 0 Å². The van der Waals surface area contributed by atoms with E-state index in [2.05, 4.69) is 24.3 Å². The zero-order chi connectivity index (χ0) is 23.8. The summed E-state index contributed by atoms with van der Waals surface area (Å²) in [6.45, 7) is 0. The number of rotatable bonds is 6. The molecule has 4 aliphatic carbocycles. The fourth-order valence-corrected chi connectivity index (χ4v) is 7.75. The molecule has 0 atom stereocenters. The summed E-state index contributed by atoms with van der Waals surface area (Å²) in [5.74, 6) is 4.60. The number of phenols is 2. The molecule has 4 fully saturated rings. The van der Waals surface area contributed by atoms with Crippen molar-refractivity contribution in [2.75, 3.05) is 0 Å². The van der Waals surface area contributed by atoms with Crippen molar-refractivity contribution in [2.24, 2.45) is 0 Å². The number of benzene rings is 2. The fraction of sp³-hybridized carbons (Fsp3) is 0.625. The molecule has 0 amide bonds. The quantitative estimate of drug-likeness (QED) is 0.438. The number of aromatic hydroxyl groups is 2. The van der Waals surface area contributed by atoms with Gasteiger partial charge in [-0.15, -0.1) is 0 Å². The lowest BCUT2D eigenvalue weighted by atomic mass is 9.88. The first-order chi connectivity index (χ1) is 17.2. The molecule has 0 aliphatic heterocycles. The van der Waals surface area contributed by atoms with Crippen molar-refractivity contribution in [3.8, 4) is 23.0 Å². The van der Waals surface area contributed by atoms with Gasteiger partial charge in [0.05, 0.1) is 0 Å². The first-order valence-electron chi connectivity index (χ1n) is 14.6. The second-order valence-corrected chi connectivity index (χ2v) is 11.9. The van der Waals surface area contributed by atoms with Crippen molar-refractivity contribution in [1.29, 1.82) is 0 Å². The summed E-state index contributed by atoms with van der Waals surface area (Å²) in [5, 5.41) is 22.6. The number of hydrogen-bond acceptors (Lipinski definition) is 3. The Hall–Kier alpha value is -2.16. The van der Waals surface area contributed by atoms with Crippen LogP contribution in [0.25, 0.3) is 0 Å². The van der Waals surface area contributed by atoms with Crippen LogP contribution in [0, 0.1) is 0 Å². The van der Waals surface area contributed by atoms with Gasteiger partial charge in [-0.1, -0.05) is 51.4 Å². The highest BCUT2D eigenvalue weighted by Gasteiger charge is 2.29. The zero-order valence-electron chi connectivity index (χ0n) is 21.2. The maximum absolute atomic E-state index is 11.3. The van der Waals surface area contributed by atoms with Crippen LogP contribution in [-0.2, 0) is 0 Å². The molecule has 2 N–H and O–H groups in total. The largest absolute Gasteiger partial charge is 0.507 e. The van der Waals surface area contributed by atoms with E-state index >= 15 is 0 Å². The third-order valence-corrected chi connectivity index (χ3v) is 9.70. The Morgan fingerprint density at radius 2 is 0.657 bits per heavy atom. The predicted octanol–water partition coefficient (Wildman–Crippen LogP) is 9.52. The Morgan fingerprint density at radius 3 is 0.886 bits per heavy atom. The van der Waals surface area contributed by atoms with E-state index in [-0.39, 0.29) is 0 Å². The maximum Gasteiger partial charge on any atom is 0.128 e. The fourth-order valence-electron chi connectivity index (χ4n) is 7.75. The molecule has 3 nitrogen and oxygen atoms in total. The molecule has 35 heavy (non-hydrogen) atoms. The third kappa shape index (κ3) is 4.68. The van der Waals surface area contributed by atoms with E-state index in [0.29, 0.717) is 35.2 Å². The lowest BCUT2D eigenvalue weighted by Crippen LogP contribution is -2.03. The van der Waals surface area contributed by atoms with Gasteiger partial charge in [0.1, 0.15) is 23.0 Å². The molecule has 4 aliphatic rings. The van der Waals surface area contributed by atoms with E-state index in [1.54, 1.807) is 0 Å². The SMILES string of the molecule is Oc1c(C2CCCC2)cc(Oc2cc(C3CCCC3)c(O)c(C3CCCC3)c2)cc1C1CCCC1. The lowest BCUT2D eigenvalue weighted by Gasteiger charge is -2.22. The van der Waals surface area contributed by atoms with Gasteiger partial charge < -0.3 is 14.9 Å². The van der Waals surface area contributed by atoms with Crippen LogP contribution in [0.1, 0.15) is 149 Å². The van der Waals surface area contributed by atoms with Gasteiger partial charge in [0.25, 0.3) is 0 Å². The summed E-state index contributed by atoms with van der Waals surface area (Å²) in [6.07, 6.45) is 19.3. The molecule has 0 saturated heterocycles. The Morgan fingerprint density at radius 1 is 0.429 bits per heavy atom. The third-order valence-electron chi connectivity index (χ3n) is 9.70. The molecule has 0 heterocycles. The summed E-state index contributed by atoms with van der Waals surface area (Å²) >= 11 is 0. The van der Waals surface area contributed by atoms with Gasteiger partial charge in [-0.25, -0.2) is 0 Å². The zero-order valence-corrected chi connectivity index (χ0v) is 21.2. The average molecular weight is 475 g/mol. The van der Waals surface area contributed by atoms with E-state index in [1.807, 2.05) is 0 Å². The van der Waals surface area contributed by atoms with Crippen LogP contribution in [0.4, 0.5) is 0 Å². The monoisotopic (exact) mass is 474 g/mol. The topological polar surface area (TPSA) is 49.7 Å². The smallest absolute Gasteiger partial charge is 0.128 e. The predicted molar refractivity (Wildman–Crippen MR) is 141 cm³/mol. The van der Waals surface area contributed by atoms with Gasteiger partial charge in [-0.05, 0) is 99.3 Å². The summed E-state index contributed by atoms with van der Waals surface area (Å²) in [4.78, 5) is 0. The molecule has 2 aromatic rings. The molecular formula is C32H42O3. The van der Waals surface area contributed by atoms with Crippen LogP contribution >= 0.6 is 0 Å². The van der Waals surface area contributed by atoms with Crippen molar-refractivity contribution in [1.82, 2.24) is 0 Å². The van der Waals surface area contributed by atoms with Crippen LogP contribution in [0.5, 0.6) is 23.0 Å². The summed E-state index contributed by atoms with van der Waals surface area (Å²) in [5.41, 5.74) is 4.42. The molecule has 4 saturated carbocycles. The Bertz CT molecular complexity index is 875. The van der Waals surface area contributed by atoms with Crippen molar-refractivity contribution in [3.63, 3.8) is 0 Å². The molecule has 0 bridgehead atoms. The highest BCUT2D eigenvalue weighted by atomic mass is 16.5. The highest BCUT2D eigenvalue weighted by molar-refractivity contribution is 5.54. The number of hydrogen-bond donors (Lipinski definition) is 2. The second-order valence-electron chi connectivity index (χ2n) is 11.9. The van der Waals surface area contributed by atoms with Crippen LogP contribution in [-0.4, -0.2) is 10.2 Å². The van der Waals surface area contributed by atoms with Gasteiger partial charge >= 0.3 is 0 Å². The molecule has 0 radical (unpaired) electrons. The molecule has 6 rings (SSSR count). The Balaban J connectivity index is 1.39. The first kappa shape index (κ1) is 23.3. The average Bonchev–Trinajstić information content (AvgIpc) is 3.69. The summed E-state index contributed by atoms with van der Waals surface area (Å²) in [6, 6.07) is 8.50. The minimum atomic E-state index is 0.446. The summed E-state index contributed by atoms with van der Waals surface area (Å²) < 4.78 is 6.67. The molecule has 0 unspecified atom stereocenters. The molecule has 0 aromatic heterocycles. The van der Waals surface area contributed by atoms with E-state index in [0.717, 1.165) is 85.1 Å². The van der Waals surface area contributed by atoms with E-state index in [4.69, 9.17) is 4.74 Å². The first-order valence-corrected chi connectivity index (χ1v) is 14.6. The standard InChI is InChI=1S/C32H42O3/c33-31-27(21-9-1-2-10-21)17-25(18-28(31)22-11-3-4-12-22)35-26-19-29(23-13-5-6-14-23)32(34)30(20-26)24-15-7-8-16-24/h17-24,33-34H,1-16H2. The molecule has 0 spiro atoms. The highest BCUT2D eigenvalue weighted by Crippen LogP contribution is 2.50. The minimum absolute atomic E-state index is 0.446. The van der Waals surface area contributed by atoms with Crippen molar-refractivity contribution >= 4 is 0 Å². The second kappa shape index (κ2) is 10.1. The van der Waals surface area contributed by atoms with Gasteiger partial charge in [-0.3, -0.25) is 0 Å². The lowest BCUT2D eigenvalue weighted by molar-refractivity contribution is 0.431. The van der Waals surface area contributed by atoms with Crippen LogP contribution in [0.15, 0.2) is 24.3 Å². The molecule has 3 heteroatoms. The van der Waals surface area contributed by atoms with E-state index in [1.165, 1.54) is 51.4 Å². The van der Waals surface area contributed by atoms with Crippen LogP contribution < -0.4 is 4.74 Å². The molecule has 2 aromatic carbocycles. The van der Waals surface area contributed by atoms with Gasteiger partial charge in [0.15, 0.2) is 0 Å². The normalized spacial score (nSPS) is 22.5. The maximum atomic E-state index is 11.3. The minimum Gasteiger partial charge on any atom is -0.507 e.